The average molecular weight is 339 g/mol. The molecule has 2 heterocycles. The van der Waals surface area contributed by atoms with Gasteiger partial charge < -0.3 is 10.2 Å². The van der Waals surface area contributed by atoms with Crippen LogP contribution in [0.1, 0.15) is 52.4 Å². The highest BCUT2D eigenvalue weighted by molar-refractivity contribution is 6.01. The molecule has 0 radical (unpaired) electrons. The van der Waals surface area contributed by atoms with Crippen LogP contribution in [-0.4, -0.2) is 58.8 Å². The molecule has 0 spiro atoms. The molecular formula is C16H25N3O5. The largest absolute Gasteiger partial charge is 0.354 e. The van der Waals surface area contributed by atoms with Crippen LogP contribution in [0.4, 0.5) is 0 Å². The van der Waals surface area contributed by atoms with E-state index >= 15 is 0 Å². The summed E-state index contributed by atoms with van der Waals surface area (Å²) >= 11 is 0. The van der Waals surface area contributed by atoms with Gasteiger partial charge in [0, 0.05) is 31.5 Å². The third kappa shape index (κ3) is 4.77. The number of imide groups is 1. The van der Waals surface area contributed by atoms with E-state index in [9.17, 15) is 19.2 Å². The van der Waals surface area contributed by atoms with Crippen molar-refractivity contribution in [2.24, 2.45) is 0 Å². The number of piperidine rings is 1. The van der Waals surface area contributed by atoms with Gasteiger partial charge in [0.1, 0.15) is 0 Å². The van der Waals surface area contributed by atoms with Crippen LogP contribution in [0.2, 0.25) is 0 Å². The first-order valence-corrected chi connectivity index (χ1v) is 8.47. The molecule has 0 aromatic rings. The molecule has 8 heteroatoms. The summed E-state index contributed by atoms with van der Waals surface area (Å²) in [6, 6.07) is 0.744. The molecule has 0 aromatic heterocycles. The van der Waals surface area contributed by atoms with Crippen LogP contribution in [0.25, 0.3) is 0 Å². The lowest BCUT2D eigenvalue weighted by molar-refractivity contribution is -0.197. The molecule has 2 aliphatic rings. The summed E-state index contributed by atoms with van der Waals surface area (Å²) in [4.78, 5) is 53.2. The van der Waals surface area contributed by atoms with Gasteiger partial charge in [-0.1, -0.05) is 6.42 Å². The van der Waals surface area contributed by atoms with Crippen LogP contribution in [0.15, 0.2) is 0 Å². The van der Waals surface area contributed by atoms with Gasteiger partial charge in [-0.25, -0.2) is 4.79 Å². The predicted molar refractivity (Wildman–Crippen MR) is 84.3 cm³/mol. The molecule has 0 saturated carbocycles. The highest BCUT2D eigenvalue weighted by Gasteiger charge is 2.32. The highest BCUT2D eigenvalue weighted by atomic mass is 16.7. The van der Waals surface area contributed by atoms with Crippen molar-refractivity contribution in [2.45, 2.75) is 64.5 Å². The Labute approximate surface area is 141 Å². The Morgan fingerprint density at radius 3 is 2.29 bits per heavy atom. The first-order chi connectivity index (χ1) is 11.4. The number of hydrogen-bond acceptors (Lipinski definition) is 6. The van der Waals surface area contributed by atoms with E-state index in [0.29, 0.717) is 23.7 Å². The van der Waals surface area contributed by atoms with Gasteiger partial charge in [0.05, 0.1) is 13.0 Å². The smallest absolute Gasteiger partial charge is 0.334 e. The fourth-order valence-electron chi connectivity index (χ4n) is 3.12. The summed E-state index contributed by atoms with van der Waals surface area (Å²) in [7, 11) is 0. The Hall–Kier alpha value is -1.96. The number of hydroxylamine groups is 2. The van der Waals surface area contributed by atoms with Gasteiger partial charge in [0.2, 0.25) is 5.91 Å². The van der Waals surface area contributed by atoms with E-state index in [1.54, 1.807) is 0 Å². The second-order valence-corrected chi connectivity index (χ2v) is 6.45. The zero-order valence-electron chi connectivity index (χ0n) is 14.2. The van der Waals surface area contributed by atoms with Gasteiger partial charge in [-0.05, 0) is 26.7 Å². The SMILES string of the molecule is C[C@@H]1CCC[C@H](C)N1CC(=O)NCCC(=O)ON1C(=O)CCC1=O. The topological polar surface area (TPSA) is 96.0 Å². The van der Waals surface area contributed by atoms with Crippen molar-refractivity contribution in [2.75, 3.05) is 13.1 Å². The summed E-state index contributed by atoms with van der Waals surface area (Å²) in [6.07, 6.45) is 3.39. The Balaban J connectivity index is 1.67. The molecule has 134 valence electrons. The monoisotopic (exact) mass is 339 g/mol. The normalized spacial score (nSPS) is 25.0. The van der Waals surface area contributed by atoms with E-state index in [1.807, 2.05) is 0 Å². The maximum Gasteiger partial charge on any atom is 0.334 e. The van der Waals surface area contributed by atoms with Crippen molar-refractivity contribution in [3.63, 3.8) is 0 Å². The second-order valence-electron chi connectivity index (χ2n) is 6.45. The molecule has 2 fully saturated rings. The average Bonchev–Trinajstić information content (AvgIpc) is 2.83. The molecule has 0 bridgehead atoms. The second kappa shape index (κ2) is 8.23. The number of likely N-dealkylation sites (tertiary alicyclic amines) is 1. The number of amides is 3. The molecule has 2 atom stereocenters. The summed E-state index contributed by atoms with van der Waals surface area (Å²) in [5, 5.41) is 3.19. The van der Waals surface area contributed by atoms with Gasteiger partial charge in [0.15, 0.2) is 0 Å². The lowest BCUT2D eigenvalue weighted by Crippen LogP contribution is -2.48. The Morgan fingerprint density at radius 1 is 1.12 bits per heavy atom. The van der Waals surface area contributed by atoms with E-state index in [-0.39, 0.29) is 31.7 Å². The number of nitrogens with zero attached hydrogens (tertiary/aromatic N) is 2. The quantitative estimate of drug-likeness (QED) is 0.702. The molecule has 2 saturated heterocycles. The van der Waals surface area contributed by atoms with Crippen LogP contribution in [0.5, 0.6) is 0 Å². The van der Waals surface area contributed by atoms with Gasteiger partial charge in [0.25, 0.3) is 11.8 Å². The molecule has 0 aromatic carbocycles. The van der Waals surface area contributed by atoms with Gasteiger partial charge in [-0.15, -0.1) is 5.06 Å². The molecule has 0 aliphatic carbocycles. The van der Waals surface area contributed by atoms with E-state index in [0.717, 1.165) is 12.8 Å². The first kappa shape index (κ1) is 18.4. The molecule has 2 rings (SSSR count). The summed E-state index contributed by atoms with van der Waals surface area (Å²) in [5.41, 5.74) is 0. The highest BCUT2D eigenvalue weighted by Crippen LogP contribution is 2.21. The third-order valence-corrected chi connectivity index (χ3v) is 4.55. The van der Waals surface area contributed by atoms with Crippen molar-refractivity contribution in [1.29, 1.82) is 0 Å². The van der Waals surface area contributed by atoms with E-state index in [1.165, 1.54) is 6.42 Å². The zero-order valence-corrected chi connectivity index (χ0v) is 14.2. The summed E-state index contributed by atoms with van der Waals surface area (Å²) < 4.78 is 0. The summed E-state index contributed by atoms with van der Waals surface area (Å²) in [6.45, 7) is 4.65. The number of nitrogens with one attached hydrogen (secondary N) is 1. The number of hydrogen-bond donors (Lipinski definition) is 1. The van der Waals surface area contributed by atoms with Crippen LogP contribution in [0.3, 0.4) is 0 Å². The fraction of sp³-hybridized carbons (Fsp3) is 0.750. The van der Waals surface area contributed by atoms with E-state index in [2.05, 4.69) is 24.1 Å². The third-order valence-electron chi connectivity index (χ3n) is 4.55. The maximum atomic E-state index is 12.0. The minimum absolute atomic E-state index is 0.0645. The number of carbonyl (C=O) groups excluding carboxylic acids is 4. The predicted octanol–water partition coefficient (Wildman–Crippen LogP) is 0.363. The standard InChI is InChI=1S/C16H25N3O5/c1-11-4-3-5-12(2)18(11)10-13(20)17-9-8-16(23)24-19-14(21)6-7-15(19)22/h11-12H,3-10H2,1-2H3,(H,17,20)/t11-,12+. The Morgan fingerprint density at radius 2 is 1.71 bits per heavy atom. The summed E-state index contributed by atoms with van der Waals surface area (Å²) in [5.74, 6) is -1.87. The molecule has 24 heavy (non-hydrogen) atoms. The Bertz CT molecular complexity index is 496. The minimum atomic E-state index is -0.710. The van der Waals surface area contributed by atoms with Gasteiger partial charge >= 0.3 is 5.97 Å². The molecular weight excluding hydrogens is 314 g/mol. The lowest BCUT2D eigenvalue weighted by atomic mass is 9.97. The van der Waals surface area contributed by atoms with Crippen molar-refractivity contribution >= 4 is 23.7 Å². The maximum absolute atomic E-state index is 12.0. The number of rotatable bonds is 6. The lowest BCUT2D eigenvalue weighted by Gasteiger charge is -2.38. The first-order valence-electron chi connectivity index (χ1n) is 8.47. The van der Waals surface area contributed by atoms with Crippen molar-refractivity contribution < 1.29 is 24.0 Å². The van der Waals surface area contributed by atoms with E-state index in [4.69, 9.17) is 4.84 Å². The molecule has 2 aliphatic heterocycles. The van der Waals surface area contributed by atoms with Crippen molar-refractivity contribution in [1.82, 2.24) is 15.3 Å². The molecule has 0 unspecified atom stereocenters. The molecule has 8 nitrogen and oxygen atoms in total. The van der Waals surface area contributed by atoms with Crippen LogP contribution >= 0.6 is 0 Å². The van der Waals surface area contributed by atoms with Gasteiger partial charge in [-0.3, -0.25) is 19.3 Å². The van der Waals surface area contributed by atoms with Crippen LogP contribution in [-0.2, 0) is 24.0 Å². The van der Waals surface area contributed by atoms with Gasteiger partial charge in [-0.2, -0.15) is 0 Å². The number of carbonyl (C=O) groups is 4. The van der Waals surface area contributed by atoms with E-state index < -0.39 is 17.8 Å². The van der Waals surface area contributed by atoms with Crippen molar-refractivity contribution in [3.05, 3.63) is 0 Å². The van der Waals surface area contributed by atoms with Crippen LogP contribution < -0.4 is 5.32 Å². The zero-order chi connectivity index (χ0) is 17.7. The minimum Gasteiger partial charge on any atom is -0.354 e. The molecule has 3 amide bonds. The van der Waals surface area contributed by atoms with Crippen LogP contribution in [0, 0.1) is 0 Å². The Kier molecular flexibility index (Phi) is 6.30. The molecule has 1 N–H and O–H groups in total. The fourth-order valence-corrected chi connectivity index (χ4v) is 3.12. The van der Waals surface area contributed by atoms with Crippen molar-refractivity contribution in [3.8, 4) is 0 Å².